The molecule has 5 heteroatoms. The largest absolute Gasteiger partial charge is 0.220 e. The van der Waals surface area contributed by atoms with Gasteiger partial charge in [-0.2, -0.15) is 16.9 Å². The Balaban J connectivity index is 2.05. The summed E-state index contributed by atoms with van der Waals surface area (Å²) in [5.74, 6) is 2.22. The highest BCUT2D eigenvalue weighted by Crippen LogP contribution is 2.38. The maximum Gasteiger partial charge on any atom is 0.164 e. The van der Waals surface area contributed by atoms with Crippen molar-refractivity contribution in [3.8, 4) is 0 Å². The fourth-order valence-corrected chi connectivity index (χ4v) is 3.32. The van der Waals surface area contributed by atoms with Crippen molar-refractivity contribution in [2.24, 2.45) is 0 Å². The van der Waals surface area contributed by atoms with E-state index in [1.165, 1.54) is 18.6 Å². The summed E-state index contributed by atoms with van der Waals surface area (Å²) in [6.07, 6.45) is 4.45. The number of hydrogen-bond donors (Lipinski definition) is 0. The van der Waals surface area contributed by atoms with Crippen molar-refractivity contribution in [2.75, 3.05) is 5.75 Å². The Bertz CT molecular complexity index is 490. The van der Waals surface area contributed by atoms with Crippen molar-refractivity contribution in [3.63, 3.8) is 0 Å². The van der Waals surface area contributed by atoms with Gasteiger partial charge in [0.05, 0.1) is 5.25 Å². The Morgan fingerprint density at radius 3 is 3.20 bits per heavy atom. The van der Waals surface area contributed by atoms with Gasteiger partial charge in [-0.05, 0) is 46.7 Å². The topological polar surface area (TPSA) is 30.2 Å². The Morgan fingerprint density at radius 2 is 2.40 bits per heavy atom. The molecule has 3 rings (SSSR count). The zero-order valence-corrected chi connectivity index (χ0v) is 10.5. The second-order valence-corrected chi connectivity index (χ2v) is 5.85. The van der Waals surface area contributed by atoms with Crippen LogP contribution in [-0.2, 0) is 0 Å². The smallest absolute Gasteiger partial charge is 0.164 e. The first kappa shape index (κ1) is 9.66. The van der Waals surface area contributed by atoms with Gasteiger partial charge in [-0.3, -0.25) is 0 Å². The number of aromatic nitrogens is 3. The van der Waals surface area contributed by atoms with Crippen molar-refractivity contribution < 1.29 is 0 Å². The predicted octanol–water partition coefficient (Wildman–Crippen LogP) is 3.06. The maximum absolute atomic E-state index is 4.55. The number of nitrogens with zero attached hydrogens (tertiary/aromatic N) is 3. The summed E-state index contributed by atoms with van der Waals surface area (Å²) >= 11 is 5.40. The summed E-state index contributed by atoms with van der Waals surface area (Å²) < 4.78 is 2.88. The van der Waals surface area contributed by atoms with Crippen LogP contribution in [0.1, 0.15) is 23.9 Å². The summed E-state index contributed by atoms with van der Waals surface area (Å²) in [5.41, 5.74) is 0.931. The Kier molecular flexibility index (Phi) is 2.44. The maximum atomic E-state index is 4.55. The number of hydrogen-bond acceptors (Lipinski definition) is 3. The molecule has 0 aliphatic carbocycles. The average Bonchev–Trinajstić information content (AvgIpc) is 2.84. The molecule has 1 aliphatic heterocycles. The van der Waals surface area contributed by atoms with E-state index in [9.17, 15) is 0 Å². The van der Waals surface area contributed by atoms with Crippen LogP contribution in [0.4, 0.5) is 0 Å². The van der Waals surface area contributed by atoms with Crippen LogP contribution in [-0.4, -0.2) is 20.4 Å². The Morgan fingerprint density at radius 1 is 1.47 bits per heavy atom. The van der Waals surface area contributed by atoms with Crippen LogP contribution >= 0.6 is 27.7 Å². The monoisotopic (exact) mass is 283 g/mol. The molecule has 0 bridgehead atoms. The number of rotatable bonds is 1. The van der Waals surface area contributed by atoms with Gasteiger partial charge in [0, 0.05) is 10.7 Å². The van der Waals surface area contributed by atoms with Crippen molar-refractivity contribution in [2.45, 2.75) is 18.1 Å². The SMILES string of the molecule is Brc1ccc2nc(C3CCCS3)nn2c1. The first-order valence-corrected chi connectivity index (χ1v) is 6.80. The van der Waals surface area contributed by atoms with E-state index in [2.05, 4.69) is 26.0 Å². The zero-order valence-electron chi connectivity index (χ0n) is 8.06. The quantitative estimate of drug-likeness (QED) is 0.806. The van der Waals surface area contributed by atoms with Crippen LogP contribution < -0.4 is 0 Å². The van der Waals surface area contributed by atoms with Crippen molar-refractivity contribution in [1.82, 2.24) is 14.6 Å². The lowest BCUT2D eigenvalue weighted by Crippen LogP contribution is -1.92. The van der Waals surface area contributed by atoms with E-state index < -0.39 is 0 Å². The molecule has 2 aromatic heterocycles. The third-order valence-electron chi connectivity index (χ3n) is 2.53. The van der Waals surface area contributed by atoms with Gasteiger partial charge in [0.1, 0.15) is 0 Å². The molecule has 0 saturated carbocycles. The second-order valence-electron chi connectivity index (χ2n) is 3.62. The van der Waals surface area contributed by atoms with E-state index >= 15 is 0 Å². The summed E-state index contributed by atoms with van der Waals surface area (Å²) in [4.78, 5) is 4.55. The Hall–Kier alpha value is -0.550. The molecule has 0 radical (unpaired) electrons. The minimum atomic E-state index is 0.503. The number of fused-ring (bicyclic) bond motifs is 1. The van der Waals surface area contributed by atoms with Gasteiger partial charge in [0.25, 0.3) is 0 Å². The molecule has 0 amide bonds. The molecular formula is C10H10BrN3S. The first-order chi connectivity index (χ1) is 7.33. The summed E-state index contributed by atoms with van der Waals surface area (Å²) in [5, 5.41) is 5.01. The van der Waals surface area contributed by atoms with Gasteiger partial charge in [0.15, 0.2) is 11.5 Å². The average molecular weight is 284 g/mol. The lowest BCUT2D eigenvalue weighted by Gasteiger charge is -1.99. The minimum Gasteiger partial charge on any atom is -0.220 e. The number of thioether (sulfide) groups is 1. The molecule has 1 unspecified atom stereocenters. The minimum absolute atomic E-state index is 0.503. The molecule has 0 aromatic carbocycles. The molecule has 1 fully saturated rings. The van der Waals surface area contributed by atoms with Crippen LogP contribution in [0.3, 0.4) is 0 Å². The lowest BCUT2D eigenvalue weighted by atomic mass is 10.2. The van der Waals surface area contributed by atoms with E-state index in [-0.39, 0.29) is 0 Å². The van der Waals surface area contributed by atoms with Gasteiger partial charge in [-0.25, -0.2) is 9.50 Å². The molecule has 78 valence electrons. The normalized spacial score (nSPS) is 21.3. The van der Waals surface area contributed by atoms with E-state index in [1.807, 2.05) is 34.6 Å². The molecule has 0 spiro atoms. The van der Waals surface area contributed by atoms with Crippen molar-refractivity contribution in [1.29, 1.82) is 0 Å². The molecule has 3 nitrogen and oxygen atoms in total. The van der Waals surface area contributed by atoms with Gasteiger partial charge in [-0.1, -0.05) is 0 Å². The molecule has 3 heterocycles. The van der Waals surface area contributed by atoms with Crippen LogP contribution in [0.5, 0.6) is 0 Å². The summed E-state index contributed by atoms with van der Waals surface area (Å²) in [6.45, 7) is 0. The molecule has 0 N–H and O–H groups in total. The summed E-state index contributed by atoms with van der Waals surface area (Å²) in [7, 11) is 0. The lowest BCUT2D eigenvalue weighted by molar-refractivity contribution is 0.770. The molecular weight excluding hydrogens is 274 g/mol. The molecule has 15 heavy (non-hydrogen) atoms. The van der Waals surface area contributed by atoms with Gasteiger partial charge >= 0.3 is 0 Å². The van der Waals surface area contributed by atoms with Crippen LogP contribution in [0.2, 0.25) is 0 Å². The number of halogens is 1. The van der Waals surface area contributed by atoms with E-state index in [0.29, 0.717) is 5.25 Å². The molecule has 1 aliphatic rings. The van der Waals surface area contributed by atoms with E-state index in [1.54, 1.807) is 0 Å². The highest BCUT2D eigenvalue weighted by Gasteiger charge is 2.21. The molecule has 1 atom stereocenters. The van der Waals surface area contributed by atoms with Crippen LogP contribution in [0.15, 0.2) is 22.8 Å². The molecule has 2 aromatic rings. The highest BCUT2D eigenvalue weighted by molar-refractivity contribution is 9.10. The van der Waals surface area contributed by atoms with Crippen molar-refractivity contribution >= 4 is 33.3 Å². The Labute approximate surface area is 100 Å². The fourth-order valence-electron chi connectivity index (χ4n) is 1.79. The third kappa shape index (κ3) is 1.78. The zero-order chi connectivity index (χ0) is 10.3. The fraction of sp³-hybridized carbons (Fsp3) is 0.400. The molecule has 1 saturated heterocycles. The van der Waals surface area contributed by atoms with Crippen LogP contribution in [0, 0.1) is 0 Å². The predicted molar refractivity (Wildman–Crippen MR) is 65.1 cm³/mol. The van der Waals surface area contributed by atoms with Gasteiger partial charge in [-0.15, -0.1) is 0 Å². The first-order valence-electron chi connectivity index (χ1n) is 4.96. The standard InChI is InChI=1S/C10H10BrN3S/c11-7-3-4-9-12-10(13-14(9)6-7)8-2-1-5-15-8/h3-4,6,8H,1-2,5H2. The van der Waals surface area contributed by atoms with E-state index in [4.69, 9.17) is 0 Å². The van der Waals surface area contributed by atoms with Gasteiger partial charge < -0.3 is 0 Å². The van der Waals surface area contributed by atoms with Crippen molar-refractivity contribution in [3.05, 3.63) is 28.6 Å². The number of pyridine rings is 1. The van der Waals surface area contributed by atoms with Crippen LogP contribution in [0.25, 0.3) is 5.65 Å². The van der Waals surface area contributed by atoms with E-state index in [0.717, 1.165) is 15.9 Å². The highest BCUT2D eigenvalue weighted by atomic mass is 79.9. The third-order valence-corrected chi connectivity index (χ3v) is 4.37. The van der Waals surface area contributed by atoms with Gasteiger partial charge in [0.2, 0.25) is 0 Å². The summed E-state index contributed by atoms with van der Waals surface area (Å²) in [6, 6.07) is 3.98. The second kappa shape index (κ2) is 3.79.